The highest BCUT2D eigenvalue weighted by atomic mass is 15.3. The molecule has 1 aromatic carbocycles. The summed E-state index contributed by atoms with van der Waals surface area (Å²) in [5.74, 6) is 3.73. The zero-order chi connectivity index (χ0) is 19.3. The van der Waals surface area contributed by atoms with Crippen LogP contribution in [0.15, 0.2) is 41.4 Å². The third-order valence-electron chi connectivity index (χ3n) is 5.72. The minimum atomic E-state index is 0.552. The van der Waals surface area contributed by atoms with Gasteiger partial charge in [-0.3, -0.25) is 4.99 Å². The van der Waals surface area contributed by atoms with Gasteiger partial charge in [0.25, 0.3) is 0 Å². The first-order chi connectivity index (χ1) is 13.7. The van der Waals surface area contributed by atoms with Crippen LogP contribution in [0.1, 0.15) is 37.0 Å². The third kappa shape index (κ3) is 4.11. The molecule has 2 aliphatic heterocycles. The Morgan fingerprint density at radius 2 is 2.07 bits per heavy atom. The molecule has 2 aromatic rings. The number of nitrogens with one attached hydrogen (secondary N) is 1. The first-order valence-corrected chi connectivity index (χ1v) is 10.4. The van der Waals surface area contributed by atoms with Crippen LogP contribution in [-0.2, 0) is 13.0 Å². The number of aryl methyl sites for hydroxylation is 2. The van der Waals surface area contributed by atoms with Crippen LogP contribution in [0.2, 0.25) is 0 Å². The summed E-state index contributed by atoms with van der Waals surface area (Å²) in [4.78, 5) is 7.36. The molecule has 0 amide bonds. The van der Waals surface area contributed by atoms with E-state index in [0.717, 1.165) is 69.6 Å². The van der Waals surface area contributed by atoms with E-state index in [4.69, 9.17) is 4.99 Å². The van der Waals surface area contributed by atoms with E-state index in [-0.39, 0.29) is 0 Å². The summed E-state index contributed by atoms with van der Waals surface area (Å²) in [6.45, 7) is 8.82. The van der Waals surface area contributed by atoms with Gasteiger partial charge >= 0.3 is 0 Å². The number of rotatable bonds is 4. The molecule has 2 aliphatic rings. The number of hydrogen-bond donors (Lipinski definition) is 1. The predicted octanol–water partition coefficient (Wildman–Crippen LogP) is 2.90. The van der Waals surface area contributed by atoms with Gasteiger partial charge in [-0.05, 0) is 43.7 Å². The van der Waals surface area contributed by atoms with Gasteiger partial charge in [-0.25, -0.2) is 0 Å². The van der Waals surface area contributed by atoms with Crippen LogP contribution in [0, 0.1) is 12.8 Å². The van der Waals surface area contributed by atoms with Gasteiger partial charge in [0.2, 0.25) is 0 Å². The van der Waals surface area contributed by atoms with E-state index in [2.05, 4.69) is 68.3 Å². The van der Waals surface area contributed by atoms with E-state index < -0.39 is 0 Å². The maximum Gasteiger partial charge on any atom is 0.194 e. The topological polar surface area (TPSA) is 58.3 Å². The van der Waals surface area contributed by atoms with E-state index in [9.17, 15) is 0 Å². The Bertz CT molecular complexity index is 851. The number of benzene rings is 1. The molecular weight excluding hydrogens is 348 g/mol. The molecule has 0 saturated carbocycles. The third-order valence-corrected chi connectivity index (χ3v) is 5.72. The fourth-order valence-electron chi connectivity index (χ4n) is 4.10. The summed E-state index contributed by atoms with van der Waals surface area (Å²) >= 11 is 0. The van der Waals surface area contributed by atoms with Gasteiger partial charge in [0.15, 0.2) is 5.96 Å². The molecule has 6 heteroatoms. The van der Waals surface area contributed by atoms with Crippen molar-refractivity contribution < 1.29 is 0 Å². The molecule has 1 atom stereocenters. The second-order valence-corrected chi connectivity index (χ2v) is 7.66. The first-order valence-electron chi connectivity index (χ1n) is 10.4. The molecule has 1 aromatic heterocycles. The Morgan fingerprint density at radius 1 is 1.21 bits per heavy atom. The minimum Gasteiger partial charge on any atom is -0.357 e. The molecular formula is C22H30N6. The van der Waals surface area contributed by atoms with E-state index in [0.29, 0.717) is 5.92 Å². The fraction of sp³-hybridized carbons (Fsp3) is 0.500. The highest BCUT2D eigenvalue weighted by Crippen LogP contribution is 2.23. The molecule has 3 heterocycles. The lowest BCUT2D eigenvalue weighted by Crippen LogP contribution is -2.43. The van der Waals surface area contributed by atoms with Crippen LogP contribution in [0.4, 0.5) is 0 Å². The van der Waals surface area contributed by atoms with Crippen LogP contribution in [0.5, 0.6) is 0 Å². The number of guanidine groups is 1. The largest absolute Gasteiger partial charge is 0.357 e. The SMILES string of the molecule is CCNC(=NCC1CCc2nnc(C)n2C1)N1CC=C(c2ccccc2)CC1. The van der Waals surface area contributed by atoms with Crippen molar-refractivity contribution in [3.63, 3.8) is 0 Å². The number of aromatic nitrogens is 3. The zero-order valence-corrected chi connectivity index (χ0v) is 16.9. The highest BCUT2D eigenvalue weighted by Gasteiger charge is 2.22. The number of fused-ring (bicyclic) bond motifs is 1. The summed E-state index contributed by atoms with van der Waals surface area (Å²) < 4.78 is 2.26. The molecule has 0 bridgehead atoms. The monoisotopic (exact) mass is 378 g/mol. The average Bonchev–Trinajstić information content (AvgIpc) is 3.12. The Balaban J connectivity index is 1.40. The Hall–Kier alpha value is -2.63. The average molecular weight is 379 g/mol. The summed E-state index contributed by atoms with van der Waals surface area (Å²) in [6, 6.07) is 10.7. The van der Waals surface area contributed by atoms with Crippen LogP contribution in [0.25, 0.3) is 5.57 Å². The van der Waals surface area contributed by atoms with E-state index >= 15 is 0 Å². The quantitative estimate of drug-likeness (QED) is 0.656. The van der Waals surface area contributed by atoms with Crippen molar-refractivity contribution in [1.29, 1.82) is 0 Å². The lowest BCUT2D eigenvalue weighted by molar-refractivity contribution is 0.365. The van der Waals surface area contributed by atoms with Crippen molar-refractivity contribution in [2.75, 3.05) is 26.2 Å². The van der Waals surface area contributed by atoms with Gasteiger partial charge in [-0.15, -0.1) is 10.2 Å². The Labute approximate surface area is 167 Å². The lowest BCUT2D eigenvalue weighted by atomic mass is 9.99. The fourth-order valence-corrected chi connectivity index (χ4v) is 4.10. The first kappa shape index (κ1) is 18.7. The summed E-state index contributed by atoms with van der Waals surface area (Å²) in [5, 5.41) is 12.0. The summed E-state index contributed by atoms with van der Waals surface area (Å²) in [5.41, 5.74) is 2.78. The molecule has 0 saturated heterocycles. The van der Waals surface area contributed by atoms with Crippen LogP contribution < -0.4 is 5.32 Å². The molecule has 0 fully saturated rings. The van der Waals surface area contributed by atoms with Crippen molar-refractivity contribution in [2.45, 2.75) is 39.7 Å². The van der Waals surface area contributed by atoms with Gasteiger partial charge < -0.3 is 14.8 Å². The van der Waals surface area contributed by atoms with Crippen molar-refractivity contribution >= 4 is 11.5 Å². The standard InChI is InChI=1S/C22H30N6/c1-3-23-22(24-15-18-9-10-21-26-25-17(2)28(21)16-18)27-13-11-20(12-14-27)19-7-5-4-6-8-19/h4-8,11,18H,3,9-10,12-16H2,1-2H3,(H,23,24). The normalized spacial score (nSPS) is 19.9. The molecule has 0 aliphatic carbocycles. The van der Waals surface area contributed by atoms with Crippen molar-refractivity contribution in [1.82, 2.24) is 25.0 Å². The van der Waals surface area contributed by atoms with E-state index in [1.165, 1.54) is 11.1 Å². The Kier molecular flexibility index (Phi) is 5.74. The van der Waals surface area contributed by atoms with Crippen LogP contribution in [0.3, 0.4) is 0 Å². The van der Waals surface area contributed by atoms with Crippen molar-refractivity contribution in [3.05, 3.63) is 53.6 Å². The maximum atomic E-state index is 4.99. The van der Waals surface area contributed by atoms with E-state index in [1.807, 2.05) is 6.92 Å². The number of aliphatic imine (C=N–C) groups is 1. The molecule has 1 N–H and O–H groups in total. The van der Waals surface area contributed by atoms with Gasteiger partial charge in [-0.2, -0.15) is 0 Å². The van der Waals surface area contributed by atoms with Crippen molar-refractivity contribution in [3.8, 4) is 0 Å². The minimum absolute atomic E-state index is 0.552. The van der Waals surface area contributed by atoms with E-state index in [1.54, 1.807) is 0 Å². The van der Waals surface area contributed by atoms with Gasteiger partial charge in [0.05, 0.1) is 0 Å². The molecule has 4 rings (SSSR count). The van der Waals surface area contributed by atoms with Crippen molar-refractivity contribution in [2.24, 2.45) is 10.9 Å². The predicted molar refractivity (Wildman–Crippen MR) is 113 cm³/mol. The van der Waals surface area contributed by atoms with Gasteiger partial charge in [0, 0.05) is 39.1 Å². The molecule has 6 nitrogen and oxygen atoms in total. The molecule has 1 unspecified atom stereocenters. The van der Waals surface area contributed by atoms with Gasteiger partial charge in [0.1, 0.15) is 11.6 Å². The molecule has 0 radical (unpaired) electrons. The summed E-state index contributed by atoms with van der Waals surface area (Å²) in [6.07, 6.45) is 5.55. The summed E-state index contributed by atoms with van der Waals surface area (Å²) in [7, 11) is 0. The van der Waals surface area contributed by atoms with Crippen LogP contribution >= 0.6 is 0 Å². The number of nitrogens with zero attached hydrogens (tertiary/aromatic N) is 5. The Morgan fingerprint density at radius 3 is 2.82 bits per heavy atom. The maximum absolute atomic E-state index is 4.99. The molecule has 0 spiro atoms. The highest BCUT2D eigenvalue weighted by molar-refractivity contribution is 5.81. The smallest absolute Gasteiger partial charge is 0.194 e. The lowest BCUT2D eigenvalue weighted by Gasteiger charge is -2.30. The zero-order valence-electron chi connectivity index (χ0n) is 16.9. The number of hydrogen-bond acceptors (Lipinski definition) is 3. The van der Waals surface area contributed by atoms with Crippen LogP contribution in [-0.4, -0.2) is 51.8 Å². The molecule has 28 heavy (non-hydrogen) atoms. The second kappa shape index (κ2) is 8.59. The molecule has 148 valence electrons. The second-order valence-electron chi connectivity index (χ2n) is 7.66. The van der Waals surface area contributed by atoms with Gasteiger partial charge in [-0.1, -0.05) is 36.4 Å².